The van der Waals surface area contributed by atoms with Crippen LogP contribution in [0.5, 0.6) is 5.75 Å². The van der Waals surface area contributed by atoms with Crippen molar-refractivity contribution in [1.29, 1.82) is 0 Å². The number of halogens is 2. The number of hydrogen-bond acceptors (Lipinski definition) is 5. The van der Waals surface area contributed by atoms with E-state index in [-0.39, 0.29) is 24.0 Å². The summed E-state index contributed by atoms with van der Waals surface area (Å²) in [5.41, 5.74) is 1.80. The molecule has 3 rings (SSSR count). The molecule has 0 bridgehead atoms. The zero-order chi connectivity index (χ0) is 19.2. The van der Waals surface area contributed by atoms with Crippen LogP contribution in [-0.4, -0.2) is 31.1 Å². The van der Waals surface area contributed by atoms with Crippen LogP contribution in [0.25, 0.3) is 11.3 Å². The molecule has 0 fully saturated rings. The van der Waals surface area contributed by atoms with E-state index >= 15 is 0 Å². The van der Waals surface area contributed by atoms with Gasteiger partial charge in [-0.05, 0) is 58.6 Å². The van der Waals surface area contributed by atoms with Gasteiger partial charge in [0, 0.05) is 18.3 Å². The molecule has 1 aromatic heterocycles. The van der Waals surface area contributed by atoms with E-state index in [0.29, 0.717) is 36.5 Å². The number of carbonyl (C=O) groups is 1. The van der Waals surface area contributed by atoms with Crippen molar-refractivity contribution in [3.8, 4) is 17.1 Å². The molecule has 0 spiro atoms. The molecule has 1 aromatic carbocycles. The highest BCUT2D eigenvalue weighted by atomic mass is 79.9. The highest BCUT2D eigenvalue weighted by Crippen LogP contribution is 2.31. The number of nitrogens with zero attached hydrogens (tertiary/aromatic N) is 1. The normalized spacial score (nSPS) is 13.4. The second-order valence-corrected chi connectivity index (χ2v) is 6.78. The number of aromatic nitrogens is 1. The fraction of sp³-hybridized carbons (Fsp3) is 0.263. The topological polar surface area (TPSA) is 76.4 Å². The van der Waals surface area contributed by atoms with Crippen molar-refractivity contribution < 1.29 is 18.3 Å². The number of methoxy groups -OCH3 is 1. The molecule has 142 valence electrons. The van der Waals surface area contributed by atoms with Crippen LogP contribution >= 0.6 is 15.9 Å². The molecular weight excluding hydrogens is 417 g/mol. The van der Waals surface area contributed by atoms with Crippen LogP contribution in [0.3, 0.4) is 0 Å². The van der Waals surface area contributed by atoms with E-state index in [2.05, 4.69) is 31.5 Å². The molecule has 1 amide bonds. The minimum absolute atomic E-state index is 0.186. The first-order valence-corrected chi connectivity index (χ1v) is 9.22. The quantitative estimate of drug-likeness (QED) is 0.643. The Balaban J connectivity index is 1.59. The minimum atomic E-state index is -0.317. The fourth-order valence-electron chi connectivity index (χ4n) is 2.72. The Labute approximate surface area is 164 Å². The van der Waals surface area contributed by atoms with Crippen LogP contribution in [0.1, 0.15) is 23.3 Å². The average Bonchev–Trinajstić information content (AvgIpc) is 3.15. The zero-order valence-electron chi connectivity index (χ0n) is 14.7. The SMILES string of the molecule is COc1ccc(-c2ocnc2C(=O)NCCCC2=CNCC(F)=C2)cc1Br. The van der Waals surface area contributed by atoms with Crippen molar-refractivity contribution in [2.75, 3.05) is 20.2 Å². The Kier molecular flexibility index (Phi) is 6.28. The van der Waals surface area contributed by atoms with Crippen molar-refractivity contribution >= 4 is 21.8 Å². The maximum Gasteiger partial charge on any atom is 0.273 e. The van der Waals surface area contributed by atoms with E-state index in [9.17, 15) is 9.18 Å². The molecule has 0 saturated carbocycles. The molecule has 0 atom stereocenters. The van der Waals surface area contributed by atoms with Crippen LogP contribution in [0, 0.1) is 0 Å². The highest BCUT2D eigenvalue weighted by molar-refractivity contribution is 9.10. The Bertz CT molecular complexity index is 892. The van der Waals surface area contributed by atoms with Gasteiger partial charge in [0.15, 0.2) is 17.8 Å². The molecule has 6 nitrogen and oxygen atoms in total. The lowest BCUT2D eigenvalue weighted by atomic mass is 10.1. The van der Waals surface area contributed by atoms with Crippen LogP contribution in [0.4, 0.5) is 4.39 Å². The standard InChI is InChI=1S/C19H19BrFN3O3/c1-26-16-5-4-13(8-15(16)20)18-17(24-11-27-18)19(25)23-6-2-3-12-7-14(21)10-22-9-12/h4-5,7-9,11,22H,2-3,6,10H2,1H3,(H,23,25). The van der Waals surface area contributed by atoms with Gasteiger partial charge in [-0.1, -0.05) is 0 Å². The molecule has 8 heteroatoms. The third kappa shape index (κ3) is 4.77. The second kappa shape index (κ2) is 8.85. The van der Waals surface area contributed by atoms with E-state index in [1.54, 1.807) is 31.5 Å². The Morgan fingerprint density at radius 3 is 3.07 bits per heavy atom. The van der Waals surface area contributed by atoms with Crippen molar-refractivity contribution in [2.24, 2.45) is 0 Å². The van der Waals surface area contributed by atoms with Gasteiger partial charge in [-0.25, -0.2) is 9.37 Å². The molecule has 0 saturated heterocycles. The maximum absolute atomic E-state index is 13.2. The third-order valence-electron chi connectivity index (χ3n) is 4.02. The number of benzene rings is 1. The van der Waals surface area contributed by atoms with Crippen LogP contribution in [-0.2, 0) is 0 Å². The number of oxazole rings is 1. The summed E-state index contributed by atoms with van der Waals surface area (Å²) in [6.45, 7) is 0.681. The maximum atomic E-state index is 13.2. The number of hydrogen-bond donors (Lipinski definition) is 2. The number of allylic oxidation sites excluding steroid dienone is 2. The van der Waals surface area contributed by atoms with E-state index in [4.69, 9.17) is 9.15 Å². The van der Waals surface area contributed by atoms with Gasteiger partial charge in [-0.2, -0.15) is 0 Å². The minimum Gasteiger partial charge on any atom is -0.496 e. The molecular formula is C19H19BrFN3O3. The molecule has 0 aliphatic carbocycles. The molecule has 1 aliphatic rings. The van der Waals surface area contributed by atoms with Gasteiger partial charge in [0.05, 0.1) is 18.1 Å². The summed E-state index contributed by atoms with van der Waals surface area (Å²) in [6.07, 6.45) is 5.91. The molecule has 2 N–H and O–H groups in total. The van der Waals surface area contributed by atoms with Crippen molar-refractivity contribution in [3.05, 3.63) is 58.4 Å². The zero-order valence-corrected chi connectivity index (χ0v) is 16.3. The summed E-state index contributed by atoms with van der Waals surface area (Å²) >= 11 is 3.42. The molecule has 0 unspecified atom stereocenters. The molecule has 2 aromatic rings. The van der Waals surface area contributed by atoms with E-state index in [1.165, 1.54) is 12.5 Å². The first kappa shape index (κ1) is 19.2. The van der Waals surface area contributed by atoms with Crippen LogP contribution in [0.15, 0.2) is 57.2 Å². The summed E-state index contributed by atoms with van der Waals surface area (Å²) in [4.78, 5) is 16.5. The second-order valence-electron chi connectivity index (χ2n) is 5.93. The first-order chi connectivity index (χ1) is 13.1. The van der Waals surface area contributed by atoms with Crippen molar-refractivity contribution in [3.63, 3.8) is 0 Å². The largest absolute Gasteiger partial charge is 0.496 e. The lowest BCUT2D eigenvalue weighted by molar-refractivity contribution is 0.0949. The number of dihydropyridines is 1. The Morgan fingerprint density at radius 1 is 1.48 bits per heavy atom. The lowest BCUT2D eigenvalue weighted by Gasteiger charge is -2.10. The number of amides is 1. The summed E-state index contributed by atoms with van der Waals surface area (Å²) < 4.78 is 24.6. The van der Waals surface area contributed by atoms with Crippen LogP contribution in [0.2, 0.25) is 0 Å². The van der Waals surface area contributed by atoms with Gasteiger partial charge in [0.1, 0.15) is 11.6 Å². The highest BCUT2D eigenvalue weighted by Gasteiger charge is 2.19. The van der Waals surface area contributed by atoms with E-state index < -0.39 is 0 Å². The number of ether oxygens (including phenoxy) is 1. The summed E-state index contributed by atoms with van der Waals surface area (Å²) in [6, 6.07) is 5.38. The molecule has 2 heterocycles. The van der Waals surface area contributed by atoms with Gasteiger partial charge in [0.25, 0.3) is 5.91 Å². The average molecular weight is 436 g/mol. The number of nitrogens with one attached hydrogen (secondary N) is 2. The molecule has 0 radical (unpaired) electrons. The van der Waals surface area contributed by atoms with E-state index in [0.717, 1.165) is 10.0 Å². The first-order valence-electron chi connectivity index (χ1n) is 8.42. The third-order valence-corrected chi connectivity index (χ3v) is 4.64. The molecule has 27 heavy (non-hydrogen) atoms. The summed E-state index contributed by atoms with van der Waals surface area (Å²) in [7, 11) is 1.58. The van der Waals surface area contributed by atoms with Crippen LogP contribution < -0.4 is 15.4 Å². The Morgan fingerprint density at radius 2 is 2.33 bits per heavy atom. The van der Waals surface area contributed by atoms with Crippen molar-refractivity contribution in [2.45, 2.75) is 12.8 Å². The van der Waals surface area contributed by atoms with E-state index in [1.807, 2.05) is 0 Å². The lowest BCUT2D eigenvalue weighted by Crippen LogP contribution is -2.25. The van der Waals surface area contributed by atoms with Gasteiger partial charge < -0.3 is 19.8 Å². The predicted octanol–water partition coefficient (Wildman–Crippen LogP) is 3.96. The van der Waals surface area contributed by atoms with Crippen molar-refractivity contribution in [1.82, 2.24) is 15.6 Å². The Hall–Kier alpha value is -2.61. The number of rotatable bonds is 7. The van der Waals surface area contributed by atoms with Gasteiger partial charge in [0.2, 0.25) is 0 Å². The molecule has 1 aliphatic heterocycles. The number of carbonyl (C=O) groups excluding carboxylic acids is 1. The summed E-state index contributed by atoms with van der Waals surface area (Å²) in [5, 5.41) is 5.69. The fourth-order valence-corrected chi connectivity index (χ4v) is 3.26. The van der Waals surface area contributed by atoms with Gasteiger partial charge >= 0.3 is 0 Å². The smallest absolute Gasteiger partial charge is 0.273 e. The predicted molar refractivity (Wildman–Crippen MR) is 103 cm³/mol. The van der Waals surface area contributed by atoms with Gasteiger partial charge in [-0.15, -0.1) is 0 Å². The monoisotopic (exact) mass is 435 g/mol. The summed E-state index contributed by atoms with van der Waals surface area (Å²) in [5.74, 6) is 0.568. The van der Waals surface area contributed by atoms with Gasteiger partial charge in [-0.3, -0.25) is 4.79 Å².